The van der Waals surface area contributed by atoms with Crippen molar-refractivity contribution in [1.29, 1.82) is 0 Å². The van der Waals surface area contributed by atoms with Crippen molar-refractivity contribution in [3.8, 4) is 0 Å². The predicted octanol–water partition coefficient (Wildman–Crippen LogP) is 6.50. The summed E-state index contributed by atoms with van der Waals surface area (Å²) < 4.78 is 42.6. The molecule has 0 aromatic heterocycles. The van der Waals surface area contributed by atoms with Crippen molar-refractivity contribution in [2.45, 2.75) is 44.5 Å². The maximum absolute atomic E-state index is 14.2. The zero-order valence-electron chi connectivity index (χ0n) is 18.4. The molecule has 1 N–H and O–H groups in total. The van der Waals surface area contributed by atoms with E-state index in [0.717, 1.165) is 5.75 Å². The summed E-state index contributed by atoms with van der Waals surface area (Å²) in [5, 5.41) is 7.21. The molecule has 0 saturated carbocycles. The zero-order valence-corrected chi connectivity index (χ0v) is 20.7. The first-order valence-corrected chi connectivity index (χ1v) is 12.0. The third kappa shape index (κ3) is 4.78. The molecule has 2 aromatic rings. The molecule has 11 heteroatoms. The van der Waals surface area contributed by atoms with E-state index in [4.69, 9.17) is 28.0 Å². The number of aryl methyl sites for hydroxylation is 1. The third-order valence-electron chi connectivity index (χ3n) is 5.51. The van der Waals surface area contributed by atoms with E-state index in [1.807, 2.05) is 13.8 Å². The molecule has 1 amide bonds. The van der Waals surface area contributed by atoms with Crippen LogP contribution in [0.3, 0.4) is 0 Å². The van der Waals surface area contributed by atoms with Gasteiger partial charge in [0.2, 0.25) is 0 Å². The summed E-state index contributed by atoms with van der Waals surface area (Å²) in [6.07, 6.45) is -5.35. The lowest BCUT2D eigenvalue weighted by molar-refractivity contribution is -0.275. The van der Waals surface area contributed by atoms with Crippen LogP contribution in [0.4, 0.5) is 13.2 Å². The number of halogens is 5. The number of nitrogens with zero attached hydrogens (tertiary/aromatic N) is 2. The second-order valence-corrected chi connectivity index (χ2v) is 10.6. The summed E-state index contributed by atoms with van der Waals surface area (Å²) in [5.41, 5.74) is -1.71. The maximum Gasteiger partial charge on any atom is 0.435 e. The van der Waals surface area contributed by atoms with E-state index in [1.165, 1.54) is 30.0 Å². The molecule has 0 fully saturated rings. The van der Waals surface area contributed by atoms with Crippen LogP contribution in [0.2, 0.25) is 10.0 Å². The fourth-order valence-electron chi connectivity index (χ4n) is 3.76. The van der Waals surface area contributed by atoms with Gasteiger partial charge in [0.1, 0.15) is 0 Å². The van der Waals surface area contributed by atoms with Crippen LogP contribution in [0, 0.1) is 6.92 Å². The Morgan fingerprint density at radius 2 is 1.82 bits per heavy atom. The number of thioether (sulfide) groups is 1. The van der Waals surface area contributed by atoms with Crippen LogP contribution in [0.15, 0.2) is 46.5 Å². The number of benzene rings is 2. The number of aliphatic imine (C=N–C) groups is 1. The third-order valence-corrected chi connectivity index (χ3v) is 7.26. The first-order chi connectivity index (χ1) is 15.8. The molecular weight excluding hydrogens is 510 g/mol. The van der Waals surface area contributed by atoms with Crippen LogP contribution in [0.25, 0.3) is 0 Å². The molecule has 0 spiro atoms. The molecule has 2 aliphatic heterocycles. The van der Waals surface area contributed by atoms with Gasteiger partial charge in [0, 0.05) is 33.3 Å². The molecule has 4 rings (SSSR count). The molecule has 0 aliphatic carbocycles. The zero-order chi connectivity index (χ0) is 24.9. The van der Waals surface area contributed by atoms with E-state index in [0.29, 0.717) is 21.9 Å². The Hall–Kier alpha value is -2.23. The number of hydrogen-bond acceptors (Lipinski definition) is 5. The molecular formula is C23H20Cl2F3N3O2S. The number of alkyl halides is 3. The van der Waals surface area contributed by atoms with E-state index in [2.05, 4.69) is 15.5 Å². The summed E-state index contributed by atoms with van der Waals surface area (Å²) in [6.45, 7) is 5.65. The average Bonchev–Trinajstić information content (AvgIpc) is 3.31. The van der Waals surface area contributed by atoms with Gasteiger partial charge in [-0.05, 0) is 62.2 Å². The van der Waals surface area contributed by atoms with Gasteiger partial charge in [0.25, 0.3) is 11.5 Å². The number of rotatable bonds is 3. The van der Waals surface area contributed by atoms with Gasteiger partial charge in [-0.1, -0.05) is 46.2 Å². The number of oxime groups is 1. The lowest BCUT2D eigenvalue weighted by Crippen LogP contribution is -2.42. The molecule has 1 atom stereocenters. The van der Waals surface area contributed by atoms with Gasteiger partial charge in [-0.2, -0.15) is 13.2 Å². The van der Waals surface area contributed by atoms with Crippen molar-refractivity contribution >= 4 is 51.8 Å². The van der Waals surface area contributed by atoms with Gasteiger partial charge in [0.05, 0.1) is 11.3 Å². The number of carbonyl (C=O) groups is 1. The minimum absolute atomic E-state index is 0.0582. The van der Waals surface area contributed by atoms with Gasteiger partial charge in [-0.15, -0.1) is 0 Å². The quantitative estimate of drug-likeness (QED) is 0.493. The van der Waals surface area contributed by atoms with Crippen LogP contribution in [-0.2, 0) is 10.4 Å². The van der Waals surface area contributed by atoms with Crippen LogP contribution in [0.5, 0.6) is 0 Å². The van der Waals surface area contributed by atoms with Gasteiger partial charge < -0.3 is 10.2 Å². The number of carbonyl (C=O) groups excluding carboxylic acids is 1. The van der Waals surface area contributed by atoms with Gasteiger partial charge in [-0.3, -0.25) is 9.79 Å². The number of nitrogens with one attached hydrogen (secondary N) is 1. The summed E-state index contributed by atoms with van der Waals surface area (Å²) in [6, 6.07) is 8.40. The lowest BCUT2D eigenvalue weighted by Gasteiger charge is -2.29. The predicted molar refractivity (Wildman–Crippen MR) is 129 cm³/mol. The highest BCUT2D eigenvalue weighted by atomic mass is 35.5. The largest absolute Gasteiger partial charge is 0.435 e. The highest BCUT2D eigenvalue weighted by Crippen LogP contribution is 2.49. The summed E-state index contributed by atoms with van der Waals surface area (Å²) in [4.78, 5) is 22.2. The Labute approximate surface area is 208 Å². The monoisotopic (exact) mass is 529 g/mol. The number of hydrogen-bond donors (Lipinski definition) is 1. The Morgan fingerprint density at radius 3 is 2.38 bits per heavy atom. The Balaban J connectivity index is 1.58. The van der Waals surface area contributed by atoms with Crippen LogP contribution >= 0.6 is 35.0 Å². The summed E-state index contributed by atoms with van der Waals surface area (Å²) >= 11 is 13.4. The van der Waals surface area contributed by atoms with Crippen LogP contribution < -0.4 is 5.32 Å². The first-order valence-electron chi connectivity index (χ1n) is 10.2. The van der Waals surface area contributed by atoms with E-state index in [9.17, 15) is 18.0 Å². The van der Waals surface area contributed by atoms with Gasteiger partial charge in [-0.25, -0.2) is 0 Å². The first kappa shape index (κ1) is 24.9. The van der Waals surface area contributed by atoms with Gasteiger partial charge >= 0.3 is 6.18 Å². The molecule has 2 heterocycles. The van der Waals surface area contributed by atoms with E-state index in [-0.39, 0.29) is 32.8 Å². The van der Waals surface area contributed by atoms with Crippen molar-refractivity contribution < 1.29 is 22.8 Å². The standard InChI is InChI=1S/C23H20Cl2F3N3O2S/c1-12-6-13(4-5-17(12)19(32)29-20-30-21(2,3)11-34-20)18-10-22(33-31-18,23(26,27)28)14-7-15(24)9-16(25)8-14/h4-9H,10-11H2,1-3H3,(H,29,30,32). The fourth-order valence-corrected chi connectivity index (χ4v) is 5.31. The molecule has 1 unspecified atom stereocenters. The van der Waals surface area contributed by atoms with Crippen molar-refractivity contribution in [2.24, 2.45) is 10.1 Å². The SMILES string of the molecule is Cc1cc(C2=NOC(c3cc(Cl)cc(Cl)c3)(C(F)(F)F)C2)ccc1C(=O)NC1=NC(C)(C)CS1. The molecule has 5 nitrogen and oxygen atoms in total. The molecule has 0 radical (unpaired) electrons. The Morgan fingerprint density at radius 1 is 1.15 bits per heavy atom. The topological polar surface area (TPSA) is 63.0 Å². The number of amidine groups is 1. The maximum atomic E-state index is 14.2. The van der Waals surface area contributed by atoms with Crippen molar-refractivity contribution in [3.63, 3.8) is 0 Å². The molecule has 180 valence electrons. The highest BCUT2D eigenvalue weighted by molar-refractivity contribution is 8.14. The van der Waals surface area contributed by atoms with Crippen molar-refractivity contribution in [3.05, 3.63) is 68.7 Å². The molecule has 2 aromatic carbocycles. The second kappa shape index (κ2) is 8.77. The Bertz CT molecular complexity index is 1210. The van der Waals surface area contributed by atoms with Crippen LogP contribution in [0.1, 0.15) is 47.3 Å². The number of amides is 1. The van der Waals surface area contributed by atoms with Crippen LogP contribution in [-0.4, -0.2) is 34.3 Å². The minimum Gasteiger partial charge on any atom is -0.374 e. The minimum atomic E-state index is -4.78. The van der Waals surface area contributed by atoms with Gasteiger partial charge in [0.15, 0.2) is 5.17 Å². The molecule has 2 aliphatic rings. The van der Waals surface area contributed by atoms with E-state index in [1.54, 1.807) is 25.1 Å². The molecule has 0 bridgehead atoms. The van der Waals surface area contributed by atoms with Crippen molar-refractivity contribution in [1.82, 2.24) is 5.32 Å². The summed E-state index contributed by atoms with van der Waals surface area (Å²) in [7, 11) is 0. The van der Waals surface area contributed by atoms with Crippen molar-refractivity contribution in [2.75, 3.05) is 5.75 Å². The average molecular weight is 530 g/mol. The van der Waals surface area contributed by atoms with E-state index < -0.39 is 18.2 Å². The van der Waals surface area contributed by atoms with E-state index >= 15 is 0 Å². The normalized spacial score (nSPS) is 21.6. The Kier molecular flexibility index (Phi) is 6.42. The lowest BCUT2D eigenvalue weighted by atomic mass is 9.86. The summed E-state index contributed by atoms with van der Waals surface area (Å²) in [5.74, 6) is 0.426. The molecule has 0 saturated heterocycles. The highest BCUT2D eigenvalue weighted by Gasteiger charge is 2.62. The second-order valence-electron chi connectivity index (χ2n) is 8.79. The smallest absolute Gasteiger partial charge is 0.374 e. The fraction of sp³-hybridized carbons (Fsp3) is 0.348. The molecule has 34 heavy (non-hydrogen) atoms.